The first-order valence-corrected chi connectivity index (χ1v) is 15.5. The standard InChI is InChI=1S/C32H36ClFN8O3/c1-20(15-39(3)24-18-44-19-24)45-32-37-27-17-40(28-14-36-13-22-5-4-6-26(33)29(22)28)10-8-25(27)30(38-32)41-11-12-42(31(43)21(2)34)23(16-41)7-9-35/h4-6,13-14,20,23-24H,2,7-8,10-12,15-19H2,1,3H3/t20-,23-/m0/s1. The van der Waals surface area contributed by atoms with E-state index < -0.39 is 17.8 Å². The Morgan fingerprint density at radius 2 is 2.09 bits per heavy atom. The number of benzene rings is 1. The van der Waals surface area contributed by atoms with Crippen molar-refractivity contribution in [1.82, 2.24) is 24.8 Å². The summed E-state index contributed by atoms with van der Waals surface area (Å²) < 4.78 is 25.5. The van der Waals surface area contributed by atoms with Crippen molar-refractivity contribution < 1.29 is 18.7 Å². The van der Waals surface area contributed by atoms with Crippen molar-refractivity contribution >= 4 is 39.8 Å². The number of halogens is 2. The summed E-state index contributed by atoms with van der Waals surface area (Å²) in [4.78, 5) is 34.7. The second kappa shape index (κ2) is 13.1. The number of piperazine rings is 1. The molecule has 2 saturated heterocycles. The molecule has 0 spiro atoms. The molecule has 3 aromatic rings. The van der Waals surface area contributed by atoms with Crippen LogP contribution in [-0.4, -0.2) is 102 Å². The van der Waals surface area contributed by atoms with Crippen LogP contribution in [0, 0.1) is 11.3 Å². The topological polar surface area (TPSA) is 111 Å². The van der Waals surface area contributed by atoms with E-state index in [0.29, 0.717) is 69.2 Å². The molecule has 13 heteroatoms. The first kappa shape index (κ1) is 31.0. The number of ether oxygens (including phenoxy) is 2. The zero-order chi connectivity index (χ0) is 31.7. The Morgan fingerprint density at radius 3 is 2.82 bits per heavy atom. The molecule has 2 atom stereocenters. The first-order valence-electron chi connectivity index (χ1n) is 15.1. The van der Waals surface area contributed by atoms with Crippen LogP contribution in [-0.2, 0) is 22.5 Å². The van der Waals surface area contributed by atoms with Crippen LogP contribution >= 0.6 is 11.6 Å². The monoisotopic (exact) mass is 634 g/mol. The van der Waals surface area contributed by atoms with E-state index in [1.807, 2.05) is 37.5 Å². The van der Waals surface area contributed by atoms with Gasteiger partial charge in [-0.05, 0) is 26.5 Å². The third-order valence-corrected chi connectivity index (χ3v) is 9.09. The zero-order valence-electron chi connectivity index (χ0n) is 25.5. The lowest BCUT2D eigenvalue weighted by molar-refractivity contribution is -0.131. The summed E-state index contributed by atoms with van der Waals surface area (Å²) in [6.07, 6.45) is 4.16. The zero-order valence-corrected chi connectivity index (χ0v) is 26.2. The average molecular weight is 635 g/mol. The molecule has 2 fully saturated rings. The van der Waals surface area contributed by atoms with Crippen molar-refractivity contribution in [3.05, 3.63) is 59.3 Å². The van der Waals surface area contributed by atoms with Gasteiger partial charge < -0.3 is 24.2 Å². The summed E-state index contributed by atoms with van der Waals surface area (Å²) in [7, 11) is 2.05. The maximum Gasteiger partial charge on any atom is 0.318 e. The lowest BCUT2D eigenvalue weighted by atomic mass is 10.0. The Bertz CT molecular complexity index is 1640. The number of pyridine rings is 1. The van der Waals surface area contributed by atoms with Gasteiger partial charge in [-0.3, -0.25) is 14.7 Å². The number of carbonyl (C=O) groups excluding carboxylic acids is 1. The highest BCUT2D eigenvalue weighted by atomic mass is 35.5. The van der Waals surface area contributed by atoms with Gasteiger partial charge in [0, 0.05) is 55.3 Å². The van der Waals surface area contributed by atoms with Crippen LogP contribution in [0.2, 0.25) is 5.02 Å². The van der Waals surface area contributed by atoms with Crippen molar-refractivity contribution in [3.8, 4) is 12.1 Å². The van der Waals surface area contributed by atoms with Crippen molar-refractivity contribution in [3.63, 3.8) is 0 Å². The Kier molecular flexibility index (Phi) is 9.03. The fraction of sp³-hybridized carbons (Fsp3) is 0.469. The number of aromatic nitrogens is 3. The van der Waals surface area contributed by atoms with Gasteiger partial charge in [0.05, 0.1) is 66.9 Å². The van der Waals surface area contributed by atoms with E-state index in [-0.39, 0.29) is 25.1 Å². The molecule has 0 bridgehead atoms. The van der Waals surface area contributed by atoms with Gasteiger partial charge in [0.1, 0.15) is 11.9 Å². The number of fused-ring (bicyclic) bond motifs is 2. The van der Waals surface area contributed by atoms with E-state index in [2.05, 4.69) is 39.4 Å². The minimum absolute atomic E-state index is 0.0586. The van der Waals surface area contributed by atoms with Crippen LogP contribution in [0.25, 0.3) is 10.8 Å². The molecular weight excluding hydrogens is 599 g/mol. The van der Waals surface area contributed by atoms with Crippen LogP contribution < -0.4 is 14.5 Å². The van der Waals surface area contributed by atoms with Crippen molar-refractivity contribution in [2.45, 2.75) is 44.5 Å². The van der Waals surface area contributed by atoms with Gasteiger partial charge >= 0.3 is 6.01 Å². The number of anilines is 2. The molecule has 2 aromatic heterocycles. The number of rotatable bonds is 9. The Morgan fingerprint density at radius 1 is 1.27 bits per heavy atom. The molecule has 11 nitrogen and oxygen atoms in total. The van der Waals surface area contributed by atoms with Gasteiger partial charge in [0.25, 0.3) is 5.91 Å². The summed E-state index contributed by atoms with van der Waals surface area (Å²) in [5.41, 5.74) is 2.74. The molecule has 45 heavy (non-hydrogen) atoms. The molecule has 0 aliphatic carbocycles. The molecule has 6 rings (SSSR count). The SMILES string of the molecule is C=C(F)C(=O)N1CCN(c2nc(O[C@@H](C)CN(C)C3COC3)nc3c2CCN(c2cncc4cccc(Cl)c24)C3)C[C@@H]1CC#N. The normalized spacial score (nSPS) is 19.2. The Balaban J connectivity index is 1.33. The lowest BCUT2D eigenvalue weighted by Crippen LogP contribution is -2.55. The van der Waals surface area contributed by atoms with E-state index in [9.17, 15) is 14.4 Å². The molecule has 1 aromatic carbocycles. The van der Waals surface area contributed by atoms with Gasteiger partial charge in [-0.1, -0.05) is 30.3 Å². The summed E-state index contributed by atoms with van der Waals surface area (Å²) in [5.74, 6) is -1.10. The molecule has 0 N–H and O–H groups in total. The summed E-state index contributed by atoms with van der Waals surface area (Å²) in [6.45, 7) is 9.40. The largest absolute Gasteiger partial charge is 0.459 e. The number of likely N-dealkylation sites (N-methyl/N-ethyl adjacent to an activating group) is 1. The number of hydrogen-bond donors (Lipinski definition) is 0. The average Bonchev–Trinajstić information content (AvgIpc) is 2.99. The number of nitrogens with zero attached hydrogens (tertiary/aromatic N) is 8. The van der Waals surface area contributed by atoms with Gasteiger partial charge in [0.15, 0.2) is 5.83 Å². The summed E-state index contributed by atoms with van der Waals surface area (Å²) in [5, 5.41) is 12.1. The molecule has 236 valence electrons. The van der Waals surface area contributed by atoms with Crippen molar-refractivity contribution in [2.24, 2.45) is 0 Å². The lowest BCUT2D eigenvalue weighted by Gasteiger charge is -2.42. The highest BCUT2D eigenvalue weighted by Crippen LogP contribution is 2.37. The van der Waals surface area contributed by atoms with E-state index in [1.54, 1.807) is 0 Å². The van der Waals surface area contributed by atoms with Crippen LogP contribution in [0.4, 0.5) is 15.9 Å². The number of carbonyl (C=O) groups is 1. The second-order valence-electron chi connectivity index (χ2n) is 11.8. The quantitative estimate of drug-likeness (QED) is 0.323. The predicted octanol–water partition coefficient (Wildman–Crippen LogP) is 3.75. The van der Waals surface area contributed by atoms with E-state index in [1.165, 1.54) is 4.90 Å². The number of hydrogen-bond acceptors (Lipinski definition) is 10. The van der Waals surface area contributed by atoms with Crippen LogP contribution in [0.3, 0.4) is 0 Å². The fourth-order valence-corrected chi connectivity index (χ4v) is 6.60. The van der Waals surface area contributed by atoms with Crippen LogP contribution in [0.1, 0.15) is 24.6 Å². The second-order valence-corrected chi connectivity index (χ2v) is 12.3. The molecule has 0 unspecified atom stereocenters. The first-order chi connectivity index (χ1) is 21.7. The van der Waals surface area contributed by atoms with E-state index in [4.69, 9.17) is 31.0 Å². The van der Waals surface area contributed by atoms with Gasteiger partial charge in [0.2, 0.25) is 0 Å². The summed E-state index contributed by atoms with van der Waals surface area (Å²) in [6, 6.07) is 8.05. The molecule has 3 aliphatic rings. The summed E-state index contributed by atoms with van der Waals surface area (Å²) >= 11 is 6.66. The molecule has 1 amide bonds. The van der Waals surface area contributed by atoms with Gasteiger partial charge in [-0.25, -0.2) is 4.39 Å². The van der Waals surface area contributed by atoms with Gasteiger partial charge in [-0.15, -0.1) is 0 Å². The molecule has 5 heterocycles. The predicted molar refractivity (Wildman–Crippen MR) is 169 cm³/mol. The Hall–Kier alpha value is -4.05. The fourth-order valence-electron chi connectivity index (χ4n) is 6.32. The molecule has 0 saturated carbocycles. The molecule has 0 radical (unpaired) electrons. The maximum absolute atomic E-state index is 13.8. The smallest absolute Gasteiger partial charge is 0.318 e. The van der Waals surface area contributed by atoms with Crippen LogP contribution in [0.5, 0.6) is 6.01 Å². The van der Waals surface area contributed by atoms with Gasteiger partial charge in [-0.2, -0.15) is 15.2 Å². The minimum atomic E-state index is -1.03. The molecular formula is C32H36ClFN8O3. The third kappa shape index (κ3) is 6.38. The molecule has 3 aliphatic heterocycles. The highest BCUT2D eigenvalue weighted by Gasteiger charge is 2.35. The highest BCUT2D eigenvalue weighted by molar-refractivity contribution is 6.36. The van der Waals surface area contributed by atoms with E-state index >= 15 is 0 Å². The van der Waals surface area contributed by atoms with E-state index in [0.717, 1.165) is 27.7 Å². The number of amides is 1. The number of nitriles is 1. The van der Waals surface area contributed by atoms with Crippen LogP contribution in [0.15, 0.2) is 43.0 Å². The van der Waals surface area contributed by atoms with Crippen molar-refractivity contribution in [2.75, 3.05) is 62.8 Å². The maximum atomic E-state index is 13.8. The minimum Gasteiger partial charge on any atom is -0.459 e. The van der Waals surface area contributed by atoms with Crippen molar-refractivity contribution in [1.29, 1.82) is 5.26 Å². The third-order valence-electron chi connectivity index (χ3n) is 8.77. The Labute approximate surface area is 266 Å².